The van der Waals surface area contributed by atoms with Crippen LogP contribution in [0.1, 0.15) is 74.6 Å². The molecule has 0 unspecified atom stereocenters. The molecule has 2 aromatic carbocycles. The molecule has 1 amide bonds. The second-order valence-corrected chi connectivity index (χ2v) is 13.9. The summed E-state index contributed by atoms with van der Waals surface area (Å²) >= 11 is 0. The largest absolute Gasteiger partial charge is 0.379 e. The Morgan fingerprint density at radius 1 is 1.05 bits per heavy atom. The second kappa shape index (κ2) is 12.1. The van der Waals surface area contributed by atoms with Crippen LogP contribution in [0.4, 0.5) is 0 Å². The van der Waals surface area contributed by atoms with E-state index in [1.807, 2.05) is 0 Å². The molecule has 4 fully saturated rings. The van der Waals surface area contributed by atoms with Crippen LogP contribution in [0.3, 0.4) is 0 Å². The van der Waals surface area contributed by atoms with Crippen molar-refractivity contribution in [1.82, 2.24) is 20.1 Å². The summed E-state index contributed by atoms with van der Waals surface area (Å²) < 4.78 is 5.51. The number of nitrogens with one attached hydrogen (secondary N) is 2. The van der Waals surface area contributed by atoms with Crippen molar-refractivity contribution in [3.8, 4) is 11.3 Å². The van der Waals surface area contributed by atoms with Gasteiger partial charge in [-0.05, 0) is 106 Å². The first-order chi connectivity index (χ1) is 20.2. The Bertz CT molecular complexity index is 1390. The Hall–Kier alpha value is -2.67. The number of aromatic nitrogens is 1. The molecule has 7 rings (SSSR count). The molecular weight excluding hydrogens is 520 g/mol. The molecule has 0 spiro atoms. The number of aromatic amines is 1. The predicted molar refractivity (Wildman–Crippen MR) is 172 cm³/mol. The fraction of sp³-hybridized carbons (Fsp3) is 0.583. The Labute approximate surface area is 252 Å². The van der Waals surface area contributed by atoms with Crippen LogP contribution in [0.2, 0.25) is 0 Å². The van der Waals surface area contributed by atoms with Crippen molar-refractivity contribution >= 4 is 16.8 Å². The van der Waals surface area contributed by atoms with Crippen LogP contribution in [0.25, 0.3) is 22.2 Å². The highest BCUT2D eigenvalue weighted by Crippen LogP contribution is 2.41. The lowest BCUT2D eigenvalue weighted by Crippen LogP contribution is -2.55. The summed E-state index contributed by atoms with van der Waals surface area (Å²) in [5, 5.41) is 4.99. The number of amides is 1. The summed E-state index contributed by atoms with van der Waals surface area (Å²) in [6.07, 6.45) is 4.91. The number of rotatable bonds is 9. The summed E-state index contributed by atoms with van der Waals surface area (Å²) in [5.74, 6) is 1.28. The molecule has 226 valence electrons. The van der Waals surface area contributed by atoms with Crippen LogP contribution in [0.5, 0.6) is 0 Å². The van der Waals surface area contributed by atoms with Gasteiger partial charge in [0.05, 0.1) is 24.3 Å². The minimum absolute atomic E-state index is 0.292. The monoisotopic (exact) mass is 570 g/mol. The SMILES string of the molecule is Cc1cc(C)cc(-c2[nH]c3ccc(C(C)(C)C(=O)N4CC5CCC4CC5)cc3c2[C@H](C)CNCCN2CCOCC2)c1. The number of carbonyl (C=O) groups excluding carboxylic acids is 1. The van der Waals surface area contributed by atoms with E-state index in [1.165, 1.54) is 59.0 Å². The average molecular weight is 571 g/mol. The lowest BCUT2D eigenvalue weighted by molar-refractivity contribution is -0.144. The minimum atomic E-state index is -0.570. The predicted octanol–water partition coefficient (Wildman–Crippen LogP) is 6.16. The van der Waals surface area contributed by atoms with Gasteiger partial charge in [-0.25, -0.2) is 0 Å². The summed E-state index contributed by atoms with van der Waals surface area (Å²) in [6, 6.07) is 13.9. The van der Waals surface area contributed by atoms with Crippen LogP contribution in [0.15, 0.2) is 36.4 Å². The number of ether oxygens (including phenoxy) is 1. The van der Waals surface area contributed by atoms with Crippen molar-refractivity contribution in [2.45, 2.75) is 77.7 Å². The Balaban J connectivity index is 1.31. The molecule has 0 radical (unpaired) electrons. The lowest BCUT2D eigenvalue weighted by Gasteiger charge is -2.47. The zero-order chi connectivity index (χ0) is 29.4. The second-order valence-electron chi connectivity index (χ2n) is 13.9. The molecule has 42 heavy (non-hydrogen) atoms. The molecule has 3 aliphatic heterocycles. The first-order valence-electron chi connectivity index (χ1n) is 16.3. The van der Waals surface area contributed by atoms with E-state index in [1.54, 1.807) is 0 Å². The number of hydrogen-bond donors (Lipinski definition) is 2. The molecule has 1 aliphatic carbocycles. The highest BCUT2D eigenvalue weighted by molar-refractivity contribution is 5.94. The molecule has 6 heteroatoms. The van der Waals surface area contributed by atoms with Crippen molar-refractivity contribution < 1.29 is 9.53 Å². The van der Waals surface area contributed by atoms with Gasteiger partial charge in [-0.15, -0.1) is 0 Å². The van der Waals surface area contributed by atoms with E-state index in [0.29, 0.717) is 23.8 Å². The zero-order valence-corrected chi connectivity index (χ0v) is 26.4. The van der Waals surface area contributed by atoms with Crippen molar-refractivity contribution in [2.24, 2.45) is 5.92 Å². The Morgan fingerprint density at radius 2 is 1.76 bits per heavy atom. The fourth-order valence-electron chi connectivity index (χ4n) is 7.74. The van der Waals surface area contributed by atoms with Gasteiger partial charge in [-0.2, -0.15) is 0 Å². The van der Waals surface area contributed by atoms with E-state index in [0.717, 1.165) is 63.6 Å². The smallest absolute Gasteiger partial charge is 0.232 e. The topological polar surface area (TPSA) is 60.6 Å². The van der Waals surface area contributed by atoms with Gasteiger partial charge in [0.15, 0.2) is 0 Å². The quantitative estimate of drug-likeness (QED) is 0.303. The lowest BCUT2D eigenvalue weighted by atomic mass is 9.76. The third kappa shape index (κ3) is 5.91. The van der Waals surface area contributed by atoms with Crippen LogP contribution >= 0.6 is 0 Å². The summed E-state index contributed by atoms with van der Waals surface area (Å²) in [5.41, 5.74) is 8.01. The Morgan fingerprint density at radius 3 is 2.43 bits per heavy atom. The van der Waals surface area contributed by atoms with Crippen molar-refractivity contribution in [3.63, 3.8) is 0 Å². The maximum absolute atomic E-state index is 14.1. The van der Waals surface area contributed by atoms with Gasteiger partial charge >= 0.3 is 0 Å². The van der Waals surface area contributed by atoms with E-state index in [2.05, 4.69) is 91.1 Å². The molecule has 2 bridgehead atoms. The molecule has 3 aromatic rings. The number of benzene rings is 2. The van der Waals surface area contributed by atoms with Gasteiger partial charge in [0.2, 0.25) is 5.91 Å². The van der Waals surface area contributed by atoms with E-state index in [-0.39, 0.29) is 0 Å². The van der Waals surface area contributed by atoms with Gasteiger partial charge in [0.1, 0.15) is 0 Å². The van der Waals surface area contributed by atoms with Crippen molar-refractivity contribution in [2.75, 3.05) is 52.5 Å². The third-order valence-electron chi connectivity index (χ3n) is 10.2. The van der Waals surface area contributed by atoms with Crippen LogP contribution in [0, 0.1) is 19.8 Å². The molecular formula is C36H50N4O2. The first-order valence-corrected chi connectivity index (χ1v) is 16.3. The number of aryl methyl sites for hydroxylation is 2. The number of piperidine rings is 2. The number of nitrogens with zero attached hydrogens (tertiary/aromatic N) is 2. The van der Waals surface area contributed by atoms with Gasteiger partial charge in [-0.1, -0.05) is 30.2 Å². The average Bonchev–Trinajstić information content (AvgIpc) is 3.38. The number of fused-ring (bicyclic) bond motifs is 4. The summed E-state index contributed by atoms with van der Waals surface area (Å²) in [7, 11) is 0. The van der Waals surface area contributed by atoms with Crippen molar-refractivity contribution in [3.05, 3.63) is 58.7 Å². The molecule has 2 N–H and O–H groups in total. The van der Waals surface area contributed by atoms with Gasteiger partial charge in [-0.3, -0.25) is 9.69 Å². The number of morpholine rings is 1. The molecule has 4 aliphatic rings. The van der Waals surface area contributed by atoms with E-state index < -0.39 is 5.41 Å². The molecule has 1 aromatic heterocycles. The molecule has 6 nitrogen and oxygen atoms in total. The van der Waals surface area contributed by atoms with Crippen molar-refractivity contribution in [1.29, 1.82) is 0 Å². The molecule has 1 saturated carbocycles. The minimum Gasteiger partial charge on any atom is -0.379 e. The fourth-order valence-corrected chi connectivity index (χ4v) is 7.74. The highest BCUT2D eigenvalue weighted by Gasteiger charge is 2.42. The van der Waals surface area contributed by atoms with Gasteiger partial charge in [0, 0.05) is 56.2 Å². The summed E-state index contributed by atoms with van der Waals surface area (Å²) in [4.78, 5) is 22.6. The van der Waals surface area contributed by atoms with E-state index in [9.17, 15) is 4.79 Å². The summed E-state index contributed by atoms with van der Waals surface area (Å²) in [6.45, 7) is 18.5. The molecule has 1 atom stereocenters. The first kappa shape index (κ1) is 29.4. The van der Waals surface area contributed by atoms with E-state index >= 15 is 0 Å². The standard InChI is InChI=1S/C36H50N4O2/c1-24-18-25(2)20-28(19-24)34-33(26(3)22-37-12-13-39-14-16-42-17-15-39)31-21-29(8-11-32(31)38-34)36(4,5)35(41)40-23-27-6-9-30(40)10-7-27/h8,11,18-21,26-27,30,37-38H,6-7,9-10,12-17,22-23H2,1-5H3/t26-,27?,30?/m1/s1. The normalized spacial score (nSPS) is 22.2. The number of carbonyl (C=O) groups is 1. The molecule has 4 heterocycles. The van der Waals surface area contributed by atoms with Crippen LogP contribution in [-0.2, 0) is 14.9 Å². The zero-order valence-electron chi connectivity index (χ0n) is 26.4. The molecule has 3 saturated heterocycles. The third-order valence-corrected chi connectivity index (χ3v) is 10.2. The van der Waals surface area contributed by atoms with E-state index in [4.69, 9.17) is 4.74 Å². The maximum Gasteiger partial charge on any atom is 0.232 e. The van der Waals surface area contributed by atoms with Crippen LogP contribution < -0.4 is 5.32 Å². The van der Waals surface area contributed by atoms with Gasteiger partial charge in [0.25, 0.3) is 0 Å². The Kier molecular flexibility index (Phi) is 8.50. The maximum atomic E-state index is 14.1. The number of hydrogen-bond acceptors (Lipinski definition) is 4. The highest BCUT2D eigenvalue weighted by atomic mass is 16.5. The van der Waals surface area contributed by atoms with Crippen LogP contribution in [-0.4, -0.2) is 79.2 Å². The number of H-pyrrole nitrogens is 1. The van der Waals surface area contributed by atoms with Gasteiger partial charge < -0.3 is 19.9 Å².